The summed E-state index contributed by atoms with van der Waals surface area (Å²) in [4.78, 5) is 2.50. The summed E-state index contributed by atoms with van der Waals surface area (Å²) in [7, 11) is 0. The fraction of sp³-hybridized carbons (Fsp3) is 0.294. The zero-order valence-corrected chi connectivity index (χ0v) is 13.2. The minimum absolute atomic E-state index is 0.397. The fourth-order valence-corrected chi connectivity index (χ4v) is 3.07. The highest BCUT2D eigenvalue weighted by Crippen LogP contribution is 2.30. The maximum absolute atomic E-state index is 3.59. The number of anilines is 1. The van der Waals surface area contributed by atoms with Crippen LogP contribution in [0.1, 0.15) is 18.5 Å². The van der Waals surface area contributed by atoms with Gasteiger partial charge in [0, 0.05) is 29.3 Å². The van der Waals surface area contributed by atoms with E-state index in [-0.39, 0.29) is 0 Å². The van der Waals surface area contributed by atoms with E-state index in [0.29, 0.717) is 12.1 Å². The van der Waals surface area contributed by atoms with E-state index in [0.717, 1.165) is 17.6 Å². The summed E-state index contributed by atoms with van der Waals surface area (Å²) in [5.74, 6) is 0. The molecule has 0 bridgehead atoms. The SMILES string of the molecule is CC1CN(c2ccc(Br)cc2)C(c2ccccc2)CN1. The quantitative estimate of drug-likeness (QED) is 0.895. The van der Waals surface area contributed by atoms with Crippen molar-refractivity contribution in [1.29, 1.82) is 0 Å². The molecule has 0 amide bonds. The van der Waals surface area contributed by atoms with Crippen molar-refractivity contribution in [1.82, 2.24) is 5.32 Å². The first-order chi connectivity index (χ1) is 9.74. The molecular weight excluding hydrogens is 312 g/mol. The zero-order chi connectivity index (χ0) is 13.9. The van der Waals surface area contributed by atoms with Crippen LogP contribution in [-0.4, -0.2) is 19.1 Å². The molecule has 20 heavy (non-hydrogen) atoms. The molecule has 0 aliphatic carbocycles. The number of hydrogen-bond donors (Lipinski definition) is 1. The van der Waals surface area contributed by atoms with Gasteiger partial charge in [-0.25, -0.2) is 0 Å². The van der Waals surface area contributed by atoms with Crippen LogP contribution in [-0.2, 0) is 0 Å². The normalized spacial score (nSPS) is 22.8. The lowest BCUT2D eigenvalue weighted by Crippen LogP contribution is -2.51. The highest BCUT2D eigenvalue weighted by atomic mass is 79.9. The third-order valence-corrected chi connectivity index (χ3v) is 4.38. The first-order valence-corrected chi connectivity index (χ1v) is 7.84. The molecule has 0 saturated carbocycles. The van der Waals surface area contributed by atoms with E-state index in [1.165, 1.54) is 11.3 Å². The van der Waals surface area contributed by atoms with Crippen LogP contribution in [0.2, 0.25) is 0 Å². The van der Waals surface area contributed by atoms with Crippen LogP contribution in [0, 0.1) is 0 Å². The molecule has 1 heterocycles. The number of rotatable bonds is 2. The Morgan fingerprint density at radius 1 is 1.05 bits per heavy atom. The molecule has 3 heteroatoms. The van der Waals surface area contributed by atoms with Crippen LogP contribution < -0.4 is 10.2 Å². The van der Waals surface area contributed by atoms with E-state index in [1.54, 1.807) is 0 Å². The molecular formula is C17H19BrN2. The molecule has 0 radical (unpaired) electrons. The number of benzene rings is 2. The Morgan fingerprint density at radius 3 is 2.45 bits per heavy atom. The van der Waals surface area contributed by atoms with Crippen molar-refractivity contribution in [2.24, 2.45) is 0 Å². The van der Waals surface area contributed by atoms with Crippen LogP contribution >= 0.6 is 15.9 Å². The number of halogens is 1. The molecule has 104 valence electrons. The summed E-state index contributed by atoms with van der Waals surface area (Å²) in [5, 5.41) is 3.59. The van der Waals surface area contributed by atoms with Gasteiger partial charge in [0.05, 0.1) is 6.04 Å². The van der Waals surface area contributed by atoms with Crippen LogP contribution in [0.3, 0.4) is 0 Å². The van der Waals surface area contributed by atoms with Gasteiger partial charge in [-0.15, -0.1) is 0 Å². The van der Waals surface area contributed by atoms with Crippen molar-refractivity contribution in [3.63, 3.8) is 0 Å². The molecule has 2 aromatic carbocycles. The van der Waals surface area contributed by atoms with Crippen molar-refractivity contribution in [2.45, 2.75) is 19.0 Å². The summed E-state index contributed by atoms with van der Waals surface area (Å²) >= 11 is 3.51. The summed E-state index contributed by atoms with van der Waals surface area (Å²) in [6.45, 7) is 4.26. The molecule has 0 aromatic heterocycles. The molecule has 2 unspecified atom stereocenters. The lowest BCUT2D eigenvalue weighted by Gasteiger charge is -2.41. The van der Waals surface area contributed by atoms with Crippen molar-refractivity contribution >= 4 is 21.6 Å². The van der Waals surface area contributed by atoms with Gasteiger partial charge in [-0.05, 0) is 36.8 Å². The first kappa shape index (κ1) is 13.7. The third-order valence-electron chi connectivity index (χ3n) is 3.85. The van der Waals surface area contributed by atoms with E-state index in [2.05, 4.69) is 87.7 Å². The van der Waals surface area contributed by atoms with E-state index in [1.807, 2.05) is 0 Å². The third kappa shape index (κ3) is 2.89. The minimum Gasteiger partial charge on any atom is -0.362 e. The fourth-order valence-electron chi connectivity index (χ4n) is 2.80. The largest absolute Gasteiger partial charge is 0.362 e. The number of nitrogens with one attached hydrogen (secondary N) is 1. The second-order valence-electron chi connectivity index (χ2n) is 5.36. The lowest BCUT2D eigenvalue weighted by molar-refractivity contribution is 0.416. The van der Waals surface area contributed by atoms with E-state index in [4.69, 9.17) is 0 Å². The maximum atomic E-state index is 3.59. The summed E-state index contributed by atoms with van der Waals surface area (Å²) < 4.78 is 1.13. The Kier molecular flexibility index (Phi) is 4.08. The summed E-state index contributed by atoms with van der Waals surface area (Å²) in [5.41, 5.74) is 2.66. The van der Waals surface area contributed by atoms with Gasteiger partial charge in [0.25, 0.3) is 0 Å². The highest BCUT2D eigenvalue weighted by molar-refractivity contribution is 9.10. The predicted octanol–water partition coefficient (Wildman–Crippen LogP) is 3.99. The predicted molar refractivity (Wildman–Crippen MR) is 88.1 cm³/mol. The molecule has 2 nitrogen and oxygen atoms in total. The molecule has 1 aliphatic rings. The van der Waals surface area contributed by atoms with Crippen LogP contribution in [0.15, 0.2) is 59.1 Å². The number of piperazine rings is 1. The summed E-state index contributed by atoms with van der Waals surface area (Å²) in [6.07, 6.45) is 0. The van der Waals surface area contributed by atoms with E-state index in [9.17, 15) is 0 Å². The monoisotopic (exact) mass is 330 g/mol. The van der Waals surface area contributed by atoms with Crippen molar-refractivity contribution < 1.29 is 0 Å². The average Bonchev–Trinajstić information content (AvgIpc) is 2.49. The lowest BCUT2D eigenvalue weighted by atomic mass is 10.0. The van der Waals surface area contributed by atoms with Gasteiger partial charge in [-0.1, -0.05) is 46.3 Å². The Labute approximate surface area is 128 Å². The molecule has 3 rings (SSSR count). The number of nitrogens with zero attached hydrogens (tertiary/aromatic N) is 1. The Bertz CT molecular complexity index is 553. The second kappa shape index (κ2) is 5.98. The van der Waals surface area contributed by atoms with Crippen molar-refractivity contribution in [3.8, 4) is 0 Å². The van der Waals surface area contributed by atoms with E-state index < -0.39 is 0 Å². The molecule has 0 spiro atoms. The van der Waals surface area contributed by atoms with Crippen molar-refractivity contribution in [2.75, 3.05) is 18.0 Å². The van der Waals surface area contributed by atoms with Crippen LogP contribution in [0.25, 0.3) is 0 Å². The molecule has 1 fully saturated rings. The molecule has 1 saturated heterocycles. The Morgan fingerprint density at radius 2 is 1.75 bits per heavy atom. The topological polar surface area (TPSA) is 15.3 Å². The number of hydrogen-bond acceptors (Lipinski definition) is 2. The van der Waals surface area contributed by atoms with Gasteiger partial charge >= 0.3 is 0 Å². The smallest absolute Gasteiger partial charge is 0.0667 e. The minimum atomic E-state index is 0.397. The van der Waals surface area contributed by atoms with Crippen molar-refractivity contribution in [3.05, 3.63) is 64.6 Å². The van der Waals surface area contributed by atoms with E-state index >= 15 is 0 Å². The average molecular weight is 331 g/mol. The molecule has 2 aromatic rings. The van der Waals surface area contributed by atoms with Gasteiger partial charge in [0.2, 0.25) is 0 Å². The Balaban J connectivity index is 1.93. The van der Waals surface area contributed by atoms with Gasteiger partial charge in [-0.3, -0.25) is 0 Å². The maximum Gasteiger partial charge on any atom is 0.0667 e. The molecule has 1 aliphatic heterocycles. The van der Waals surface area contributed by atoms with Gasteiger partial charge < -0.3 is 10.2 Å². The standard InChI is InChI=1S/C17H19BrN2/c1-13-12-20(16-9-7-15(18)8-10-16)17(11-19-13)14-5-3-2-4-6-14/h2-10,13,17,19H,11-12H2,1H3. The van der Waals surface area contributed by atoms with Gasteiger partial charge in [-0.2, -0.15) is 0 Å². The molecule has 1 N–H and O–H groups in total. The highest BCUT2D eigenvalue weighted by Gasteiger charge is 2.27. The summed E-state index contributed by atoms with van der Waals surface area (Å²) in [6, 6.07) is 20.3. The van der Waals surface area contributed by atoms with Gasteiger partial charge in [0.15, 0.2) is 0 Å². The first-order valence-electron chi connectivity index (χ1n) is 7.04. The molecule has 2 atom stereocenters. The Hall–Kier alpha value is -1.32. The van der Waals surface area contributed by atoms with Crippen LogP contribution in [0.4, 0.5) is 5.69 Å². The second-order valence-corrected chi connectivity index (χ2v) is 6.28. The zero-order valence-electron chi connectivity index (χ0n) is 11.6. The van der Waals surface area contributed by atoms with Crippen LogP contribution in [0.5, 0.6) is 0 Å². The van der Waals surface area contributed by atoms with Gasteiger partial charge in [0.1, 0.15) is 0 Å².